The SMILES string of the molecule is CCC1(C(=O)O)CCCN1C(=O)C1(N)CCOCC1. The van der Waals surface area contributed by atoms with Gasteiger partial charge < -0.3 is 20.5 Å². The summed E-state index contributed by atoms with van der Waals surface area (Å²) < 4.78 is 5.24. The summed E-state index contributed by atoms with van der Waals surface area (Å²) in [6, 6.07) is 0. The Balaban J connectivity index is 2.24. The zero-order valence-corrected chi connectivity index (χ0v) is 11.4. The number of hydrogen-bond acceptors (Lipinski definition) is 4. The van der Waals surface area contributed by atoms with E-state index in [2.05, 4.69) is 0 Å². The molecule has 6 nitrogen and oxygen atoms in total. The predicted molar refractivity (Wildman–Crippen MR) is 68.6 cm³/mol. The summed E-state index contributed by atoms with van der Waals surface area (Å²) in [5, 5.41) is 9.51. The number of nitrogens with two attached hydrogens (primary N) is 1. The number of nitrogens with zero attached hydrogens (tertiary/aromatic N) is 1. The molecule has 2 fully saturated rings. The van der Waals surface area contributed by atoms with Crippen LogP contribution in [0.5, 0.6) is 0 Å². The Morgan fingerprint density at radius 3 is 2.47 bits per heavy atom. The van der Waals surface area contributed by atoms with Gasteiger partial charge in [0.05, 0.1) is 5.54 Å². The minimum Gasteiger partial charge on any atom is -0.479 e. The van der Waals surface area contributed by atoms with Crippen LogP contribution in [0.1, 0.15) is 39.0 Å². The monoisotopic (exact) mass is 270 g/mol. The molecule has 2 heterocycles. The Bertz CT molecular complexity index is 379. The van der Waals surface area contributed by atoms with Gasteiger partial charge in [0.15, 0.2) is 0 Å². The molecular weight excluding hydrogens is 248 g/mol. The van der Waals surface area contributed by atoms with Crippen molar-refractivity contribution in [2.45, 2.75) is 50.1 Å². The Hall–Kier alpha value is -1.14. The molecular formula is C13H22N2O4. The lowest BCUT2D eigenvalue weighted by atomic mass is 9.86. The van der Waals surface area contributed by atoms with Crippen molar-refractivity contribution in [3.05, 3.63) is 0 Å². The normalized spacial score (nSPS) is 30.3. The highest BCUT2D eigenvalue weighted by Gasteiger charge is 2.52. The number of aliphatic carboxylic acids is 1. The number of amides is 1. The molecule has 6 heteroatoms. The lowest BCUT2D eigenvalue weighted by molar-refractivity contribution is -0.160. The van der Waals surface area contributed by atoms with Gasteiger partial charge in [0.1, 0.15) is 5.54 Å². The third kappa shape index (κ3) is 2.23. The van der Waals surface area contributed by atoms with Gasteiger partial charge in [-0.15, -0.1) is 0 Å². The second-order valence-corrected chi connectivity index (χ2v) is 5.52. The zero-order chi connectivity index (χ0) is 14.1. The van der Waals surface area contributed by atoms with Crippen LogP contribution in [0.25, 0.3) is 0 Å². The number of carboxylic acids is 1. The van der Waals surface area contributed by atoms with Crippen molar-refractivity contribution in [2.24, 2.45) is 5.73 Å². The molecule has 1 atom stereocenters. The molecule has 1 unspecified atom stereocenters. The molecule has 0 aromatic heterocycles. The van der Waals surface area contributed by atoms with E-state index in [4.69, 9.17) is 10.5 Å². The van der Waals surface area contributed by atoms with E-state index in [0.717, 1.165) is 6.42 Å². The largest absolute Gasteiger partial charge is 0.479 e. The van der Waals surface area contributed by atoms with E-state index in [1.54, 1.807) is 0 Å². The van der Waals surface area contributed by atoms with Crippen molar-refractivity contribution < 1.29 is 19.4 Å². The minimum atomic E-state index is -1.07. The Morgan fingerprint density at radius 2 is 1.95 bits per heavy atom. The number of likely N-dealkylation sites (tertiary alicyclic amines) is 1. The van der Waals surface area contributed by atoms with Crippen LogP contribution in [0.15, 0.2) is 0 Å². The van der Waals surface area contributed by atoms with Gasteiger partial charge in [-0.25, -0.2) is 4.79 Å². The first-order valence-corrected chi connectivity index (χ1v) is 6.88. The average Bonchev–Trinajstić information content (AvgIpc) is 2.83. The second kappa shape index (κ2) is 5.09. The van der Waals surface area contributed by atoms with Crippen LogP contribution in [0.4, 0.5) is 0 Å². The maximum absolute atomic E-state index is 12.7. The van der Waals surface area contributed by atoms with Gasteiger partial charge in [-0.1, -0.05) is 6.92 Å². The Morgan fingerprint density at radius 1 is 1.32 bits per heavy atom. The maximum atomic E-state index is 12.7. The van der Waals surface area contributed by atoms with Gasteiger partial charge >= 0.3 is 5.97 Å². The van der Waals surface area contributed by atoms with Crippen molar-refractivity contribution in [1.82, 2.24) is 4.90 Å². The number of rotatable bonds is 3. The molecule has 2 saturated heterocycles. The van der Waals surface area contributed by atoms with E-state index < -0.39 is 17.0 Å². The summed E-state index contributed by atoms with van der Waals surface area (Å²) in [5.41, 5.74) is 4.17. The van der Waals surface area contributed by atoms with E-state index in [1.807, 2.05) is 6.92 Å². The van der Waals surface area contributed by atoms with Gasteiger partial charge in [-0.3, -0.25) is 4.79 Å². The molecule has 0 aromatic rings. The van der Waals surface area contributed by atoms with Gasteiger partial charge in [0.2, 0.25) is 5.91 Å². The van der Waals surface area contributed by atoms with Gasteiger partial charge in [0.25, 0.3) is 0 Å². The lowest BCUT2D eigenvalue weighted by Gasteiger charge is -2.41. The fourth-order valence-electron chi connectivity index (χ4n) is 3.13. The van der Waals surface area contributed by atoms with E-state index in [1.165, 1.54) is 4.90 Å². The number of hydrogen-bond donors (Lipinski definition) is 2. The van der Waals surface area contributed by atoms with Crippen LogP contribution in [0.2, 0.25) is 0 Å². The first-order valence-electron chi connectivity index (χ1n) is 6.88. The second-order valence-electron chi connectivity index (χ2n) is 5.52. The van der Waals surface area contributed by atoms with E-state index in [-0.39, 0.29) is 5.91 Å². The van der Waals surface area contributed by atoms with E-state index in [9.17, 15) is 14.7 Å². The topological polar surface area (TPSA) is 92.9 Å². The average molecular weight is 270 g/mol. The van der Waals surface area contributed by atoms with Crippen LogP contribution >= 0.6 is 0 Å². The van der Waals surface area contributed by atoms with Crippen molar-refractivity contribution in [3.63, 3.8) is 0 Å². The molecule has 2 aliphatic rings. The Kier molecular flexibility index (Phi) is 3.82. The molecule has 2 aliphatic heterocycles. The van der Waals surface area contributed by atoms with Gasteiger partial charge in [0, 0.05) is 19.8 Å². The first-order chi connectivity index (χ1) is 8.96. The fraction of sp³-hybridized carbons (Fsp3) is 0.846. The zero-order valence-electron chi connectivity index (χ0n) is 11.4. The lowest BCUT2D eigenvalue weighted by Crippen LogP contribution is -2.63. The molecule has 0 saturated carbocycles. The summed E-state index contributed by atoms with van der Waals surface area (Å²) in [4.78, 5) is 25.8. The van der Waals surface area contributed by atoms with Crippen molar-refractivity contribution in [3.8, 4) is 0 Å². The van der Waals surface area contributed by atoms with Crippen LogP contribution in [-0.2, 0) is 14.3 Å². The fourth-order valence-corrected chi connectivity index (χ4v) is 3.13. The molecule has 3 N–H and O–H groups in total. The minimum absolute atomic E-state index is 0.224. The molecule has 1 amide bonds. The molecule has 2 rings (SSSR count). The molecule has 108 valence electrons. The van der Waals surface area contributed by atoms with Crippen LogP contribution < -0.4 is 5.73 Å². The molecule has 0 spiro atoms. The van der Waals surface area contributed by atoms with Gasteiger partial charge in [-0.05, 0) is 32.1 Å². The predicted octanol–water partition coefficient (Wildman–Crippen LogP) is 0.350. The first kappa shape index (κ1) is 14.3. The summed E-state index contributed by atoms with van der Waals surface area (Å²) >= 11 is 0. The highest BCUT2D eigenvalue weighted by Crippen LogP contribution is 2.35. The summed E-state index contributed by atoms with van der Waals surface area (Å²) in [7, 11) is 0. The maximum Gasteiger partial charge on any atom is 0.329 e. The standard InChI is InChI=1S/C13H22N2O4/c1-2-13(11(17)18)4-3-7-15(13)10(16)12(14)5-8-19-9-6-12/h2-9,14H2,1H3,(H,17,18). The number of ether oxygens (including phenoxy) is 1. The summed E-state index contributed by atoms with van der Waals surface area (Å²) in [5.74, 6) is -1.14. The van der Waals surface area contributed by atoms with Crippen molar-refractivity contribution in [2.75, 3.05) is 19.8 Å². The highest BCUT2D eigenvalue weighted by molar-refractivity contribution is 5.92. The third-order valence-corrected chi connectivity index (χ3v) is 4.53. The Labute approximate surface area is 112 Å². The number of carbonyl (C=O) groups excluding carboxylic acids is 1. The number of carbonyl (C=O) groups is 2. The van der Waals surface area contributed by atoms with E-state index >= 15 is 0 Å². The molecule has 0 aromatic carbocycles. The van der Waals surface area contributed by atoms with E-state index in [0.29, 0.717) is 45.4 Å². The molecule has 0 aliphatic carbocycles. The van der Waals surface area contributed by atoms with Crippen LogP contribution in [-0.4, -0.2) is 52.7 Å². The molecule has 19 heavy (non-hydrogen) atoms. The van der Waals surface area contributed by atoms with Crippen LogP contribution in [0.3, 0.4) is 0 Å². The van der Waals surface area contributed by atoms with Crippen LogP contribution in [0, 0.1) is 0 Å². The smallest absolute Gasteiger partial charge is 0.329 e. The molecule has 0 bridgehead atoms. The molecule has 0 radical (unpaired) electrons. The van der Waals surface area contributed by atoms with Crippen molar-refractivity contribution in [1.29, 1.82) is 0 Å². The summed E-state index contributed by atoms with van der Waals surface area (Å²) in [6.07, 6.45) is 2.57. The highest BCUT2D eigenvalue weighted by atomic mass is 16.5. The third-order valence-electron chi connectivity index (χ3n) is 4.53. The van der Waals surface area contributed by atoms with Gasteiger partial charge in [-0.2, -0.15) is 0 Å². The number of carboxylic acid groups (broad SMARTS) is 1. The quantitative estimate of drug-likeness (QED) is 0.772. The summed E-state index contributed by atoms with van der Waals surface area (Å²) in [6.45, 7) is 3.22. The van der Waals surface area contributed by atoms with Crippen molar-refractivity contribution >= 4 is 11.9 Å².